The smallest absolute Gasteiger partial charge is 0.459 e. The molecule has 0 aliphatic carbocycles. The Bertz CT molecular complexity index is 1550. The van der Waals surface area contributed by atoms with Crippen molar-refractivity contribution in [2.24, 2.45) is 0 Å². The fourth-order valence-corrected chi connectivity index (χ4v) is 3.64. The second kappa shape index (κ2) is 13.1. The van der Waals surface area contributed by atoms with E-state index >= 15 is 0 Å². The van der Waals surface area contributed by atoms with Crippen LogP contribution < -0.4 is 20.9 Å². The maximum Gasteiger partial charge on any atom is 0.459 e. The van der Waals surface area contributed by atoms with E-state index in [-0.39, 0.29) is 29.1 Å². The second-order valence-corrected chi connectivity index (χ2v) is 9.34. The minimum absolute atomic E-state index is 0.00523. The summed E-state index contributed by atoms with van der Waals surface area (Å²) in [5, 5.41) is 9.61. The van der Waals surface area contributed by atoms with Crippen LogP contribution in [0.5, 0.6) is 11.5 Å². The molecular weight excluding hydrogens is 605 g/mol. The van der Waals surface area contributed by atoms with E-state index in [2.05, 4.69) is 4.74 Å². The lowest BCUT2D eigenvalue weighted by Crippen LogP contribution is -2.52. The molecule has 0 unspecified atom stereocenters. The number of benzene rings is 3. The molecule has 5 N–H and O–H groups in total. The molecule has 0 aliphatic heterocycles. The third-order valence-electron chi connectivity index (χ3n) is 6.03. The topological polar surface area (TPSA) is 142 Å². The van der Waals surface area contributed by atoms with Crippen molar-refractivity contribution in [3.63, 3.8) is 0 Å². The predicted molar refractivity (Wildman–Crippen MR) is 143 cm³/mol. The van der Waals surface area contributed by atoms with E-state index in [9.17, 15) is 50.2 Å². The van der Waals surface area contributed by atoms with Crippen LogP contribution in [-0.2, 0) is 16.0 Å². The molecule has 0 aliphatic rings. The fourth-order valence-electron chi connectivity index (χ4n) is 3.64. The van der Waals surface area contributed by atoms with Gasteiger partial charge in [-0.25, -0.2) is 9.59 Å². The van der Waals surface area contributed by atoms with Gasteiger partial charge in [0.1, 0.15) is 11.5 Å². The molecule has 0 spiro atoms. The molecule has 0 radical (unpaired) electrons. The van der Waals surface area contributed by atoms with Gasteiger partial charge in [-0.3, -0.25) is 4.79 Å². The zero-order chi connectivity index (χ0) is 32.9. The highest BCUT2D eigenvalue weighted by Gasteiger charge is 2.72. The third-order valence-corrected chi connectivity index (χ3v) is 6.03. The highest BCUT2D eigenvalue weighted by Crippen LogP contribution is 2.48. The molecule has 0 bridgehead atoms. The molecule has 0 aromatic heterocycles. The van der Waals surface area contributed by atoms with Crippen LogP contribution in [0.3, 0.4) is 0 Å². The Morgan fingerprint density at radius 2 is 1.36 bits per heavy atom. The molecule has 0 saturated heterocycles. The van der Waals surface area contributed by atoms with Crippen molar-refractivity contribution in [3.05, 3.63) is 89.0 Å². The van der Waals surface area contributed by atoms with E-state index in [0.717, 1.165) is 24.3 Å². The van der Waals surface area contributed by atoms with Gasteiger partial charge in [0.05, 0.1) is 12.0 Å². The molecule has 15 heteroatoms. The minimum Gasteiger partial charge on any atom is -0.478 e. The number of anilines is 2. The summed E-state index contributed by atoms with van der Waals surface area (Å²) < 4.78 is 99.2. The summed E-state index contributed by atoms with van der Waals surface area (Å²) in [5.74, 6) is -15.7. The summed E-state index contributed by atoms with van der Waals surface area (Å²) in [6.07, 6.45) is -8.68. The van der Waals surface area contributed by atoms with Gasteiger partial charge < -0.3 is 26.0 Å². The molecule has 3 aromatic rings. The van der Waals surface area contributed by atoms with E-state index < -0.39 is 48.8 Å². The van der Waals surface area contributed by atoms with Crippen molar-refractivity contribution in [1.29, 1.82) is 0 Å². The average molecular weight is 628 g/mol. The van der Waals surface area contributed by atoms with Gasteiger partial charge in [0.25, 0.3) is 0 Å². The third kappa shape index (κ3) is 8.26. The number of halogens is 7. The molecule has 0 heterocycles. The van der Waals surface area contributed by atoms with Crippen LogP contribution in [0.1, 0.15) is 34.3 Å². The Labute approximate surface area is 244 Å². The number of hydrogen-bond donors (Lipinski definition) is 3. The van der Waals surface area contributed by atoms with E-state index in [1.165, 1.54) is 30.3 Å². The predicted octanol–water partition coefficient (Wildman–Crippen LogP) is 6.30. The van der Waals surface area contributed by atoms with Crippen LogP contribution in [0.4, 0.5) is 42.1 Å². The van der Waals surface area contributed by atoms with Gasteiger partial charge >= 0.3 is 35.9 Å². The second-order valence-electron chi connectivity index (χ2n) is 9.34. The minimum atomic E-state index is -6.51. The molecule has 44 heavy (non-hydrogen) atoms. The monoisotopic (exact) mass is 628 g/mol. The van der Waals surface area contributed by atoms with E-state index in [0.29, 0.717) is 22.5 Å². The number of rotatable bonds is 11. The number of carboxylic acid groups (broad SMARTS) is 1. The van der Waals surface area contributed by atoms with Crippen molar-refractivity contribution < 1.29 is 59.7 Å². The maximum absolute atomic E-state index is 13.4. The summed E-state index contributed by atoms with van der Waals surface area (Å²) in [6.45, 7) is 0. The molecule has 0 saturated carbocycles. The molecule has 3 rings (SSSR count). The summed E-state index contributed by atoms with van der Waals surface area (Å²) in [6, 6.07) is 14.8. The summed E-state index contributed by atoms with van der Waals surface area (Å²) >= 11 is 0. The van der Waals surface area contributed by atoms with Crippen molar-refractivity contribution >= 4 is 35.4 Å². The Morgan fingerprint density at radius 1 is 0.795 bits per heavy atom. The Balaban J connectivity index is 1.59. The number of hydrogen-bond acceptors (Lipinski definition) is 7. The van der Waals surface area contributed by atoms with Crippen molar-refractivity contribution in [2.45, 2.75) is 37.3 Å². The van der Waals surface area contributed by atoms with Gasteiger partial charge in [-0.05, 0) is 71.8 Å². The largest absolute Gasteiger partial charge is 0.478 e. The first-order valence-electron chi connectivity index (χ1n) is 12.4. The summed E-state index contributed by atoms with van der Waals surface area (Å²) in [5.41, 5.74) is 13.4. The molecule has 8 nitrogen and oxygen atoms in total. The standard InChI is InChI=1S/C29H23F7N2O6/c30-27(31,28(32,33)29(34,35)36)12-11-24(39)43-21-8-3-17(4-9-21)26(42)44-22-6-1-16(2-7-22)13-19(25(40)41)14-18-15-20(37)5-10-23(18)38/h1-10,13,15H,11-12,14,37-38H2,(H,40,41)/b19-13+. The van der Waals surface area contributed by atoms with Gasteiger partial charge in [-0.1, -0.05) is 12.1 Å². The number of carbonyl (C=O) groups excluding carboxylic acids is 2. The highest BCUT2D eigenvalue weighted by atomic mass is 19.4. The highest BCUT2D eigenvalue weighted by molar-refractivity contribution is 5.93. The first kappa shape index (κ1) is 33.4. The van der Waals surface area contributed by atoms with Crippen molar-refractivity contribution in [2.75, 3.05) is 11.5 Å². The zero-order valence-electron chi connectivity index (χ0n) is 22.3. The van der Waals surface area contributed by atoms with Crippen LogP contribution >= 0.6 is 0 Å². The number of carbonyl (C=O) groups is 3. The number of nitrogens with two attached hydrogens (primary N) is 2. The molecule has 0 amide bonds. The molecule has 0 fully saturated rings. The number of carboxylic acids is 1. The van der Waals surface area contributed by atoms with Crippen LogP contribution in [0.25, 0.3) is 6.08 Å². The number of esters is 2. The lowest BCUT2D eigenvalue weighted by Gasteiger charge is -2.27. The Hall–Kier alpha value is -5.08. The lowest BCUT2D eigenvalue weighted by molar-refractivity contribution is -0.355. The normalized spacial score (nSPS) is 12.5. The molecule has 3 aromatic carbocycles. The fraction of sp³-hybridized carbons (Fsp3) is 0.207. The summed E-state index contributed by atoms with van der Waals surface area (Å²) in [4.78, 5) is 36.0. The van der Waals surface area contributed by atoms with Gasteiger partial charge in [-0.2, -0.15) is 30.7 Å². The molecule has 0 atom stereocenters. The Morgan fingerprint density at radius 3 is 1.93 bits per heavy atom. The van der Waals surface area contributed by atoms with Gasteiger partial charge in [0.2, 0.25) is 0 Å². The van der Waals surface area contributed by atoms with Crippen LogP contribution in [0.15, 0.2) is 72.3 Å². The number of nitrogen functional groups attached to an aromatic ring is 2. The number of alkyl halides is 7. The zero-order valence-corrected chi connectivity index (χ0v) is 22.3. The first-order chi connectivity index (χ1) is 20.4. The van der Waals surface area contributed by atoms with Crippen LogP contribution in [0.2, 0.25) is 0 Å². The molecular formula is C29H23F7N2O6. The van der Waals surface area contributed by atoms with Gasteiger partial charge in [-0.15, -0.1) is 0 Å². The average Bonchev–Trinajstić information content (AvgIpc) is 2.94. The maximum atomic E-state index is 13.4. The lowest BCUT2D eigenvalue weighted by atomic mass is 10.0. The van der Waals surface area contributed by atoms with Crippen molar-refractivity contribution in [1.82, 2.24) is 0 Å². The van der Waals surface area contributed by atoms with E-state index in [1.807, 2.05) is 0 Å². The van der Waals surface area contributed by atoms with Gasteiger partial charge in [0, 0.05) is 29.8 Å². The quantitative estimate of drug-likeness (QED) is 0.0739. The van der Waals surface area contributed by atoms with Gasteiger partial charge in [0.15, 0.2) is 0 Å². The molecule has 234 valence electrons. The van der Waals surface area contributed by atoms with E-state index in [1.54, 1.807) is 18.2 Å². The van der Waals surface area contributed by atoms with Crippen molar-refractivity contribution in [3.8, 4) is 11.5 Å². The van der Waals surface area contributed by atoms with Crippen LogP contribution in [-0.4, -0.2) is 41.0 Å². The SMILES string of the molecule is Nc1ccc(N)c(C/C(=C\c2ccc(OC(=O)c3ccc(OC(=O)CCC(F)(F)C(F)(F)C(F)(F)F)cc3)cc2)C(=O)O)c1. The number of aliphatic carboxylic acids is 1. The summed E-state index contributed by atoms with van der Waals surface area (Å²) in [7, 11) is 0. The Kier molecular flexibility index (Phi) is 9.92. The van der Waals surface area contributed by atoms with E-state index in [4.69, 9.17) is 16.2 Å². The van der Waals surface area contributed by atoms with Crippen LogP contribution in [0, 0.1) is 0 Å². The first-order valence-corrected chi connectivity index (χ1v) is 12.4. The number of ether oxygens (including phenoxy) is 2.